The lowest BCUT2D eigenvalue weighted by atomic mass is 10.2. The molecule has 0 spiro atoms. The van der Waals surface area contributed by atoms with Gasteiger partial charge in [-0.1, -0.05) is 0 Å². The Bertz CT molecular complexity index is 303. The Balaban J connectivity index is 2.12. The molecule has 0 aromatic carbocycles. The summed E-state index contributed by atoms with van der Waals surface area (Å²) in [6.07, 6.45) is 2.20. The molecule has 1 aliphatic heterocycles. The van der Waals surface area contributed by atoms with Gasteiger partial charge in [-0.15, -0.1) is 0 Å². The Hall–Kier alpha value is -0.850. The molecule has 1 atom stereocenters. The molecule has 2 N–H and O–H groups in total. The van der Waals surface area contributed by atoms with Gasteiger partial charge in [-0.25, -0.2) is 0 Å². The number of piperazine rings is 1. The summed E-state index contributed by atoms with van der Waals surface area (Å²) in [6.45, 7) is 12.5. The van der Waals surface area contributed by atoms with Crippen molar-refractivity contribution in [2.45, 2.75) is 32.7 Å². The largest absolute Gasteiger partial charge is 0.382 e. The van der Waals surface area contributed by atoms with Crippen LogP contribution in [-0.2, 0) is 4.74 Å². The predicted molar refractivity (Wildman–Crippen MR) is 93.6 cm³/mol. The van der Waals surface area contributed by atoms with Crippen LogP contribution in [-0.4, -0.2) is 88.4 Å². The molecule has 22 heavy (non-hydrogen) atoms. The van der Waals surface area contributed by atoms with E-state index in [1.165, 1.54) is 0 Å². The Morgan fingerprint density at radius 2 is 1.91 bits per heavy atom. The quantitative estimate of drug-likeness (QED) is 0.371. The summed E-state index contributed by atoms with van der Waals surface area (Å²) < 4.78 is 5.34. The number of ether oxygens (including phenoxy) is 1. The minimum Gasteiger partial charge on any atom is -0.382 e. The first-order valence-corrected chi connectivity index (χ1v) is 8.62. The number of guanidine groups is 1. The van der Waals surface area contributed by atoms with Gasteiger partial charge >= 0.3 is 0 Å². The van der Waals surface area contributed by atoms with Crippen molar-refractivity contribution in [1.29, 1.82) is 0 Å². The van der Waals surface area contributed by atoms with E-state index in [-0.39, 0.29) is 0 Å². The molecule has 0 bridgehead atoms. The van der Waals surface area contributed by atoms with E-state index in [4.69, 9.17) is 4.74 Å². The molecule has 1 aliphatic rings. The zero-order valence-electron chi connectivity index (χ0n) is 14.9. The maximum atomic E-state index is 5.34. The lowest BCUT2D eigenvalue weighted by Gasteiger charge is -2.36. The molecule has 0 amide bonds. The summed E-state index contributed by atoms with van der Waals surface area (Å²) in [4.78, 5) is 9.22. The van der Waals surface area contributed by atoms with Crippen LogP contribution in [0, 0.1) is 0 Å². The van der Waals surface area contributed by atoms with Crippen LogP contribution in [0.15, 0.2) is 4.99 Å². The van der Waals surface area contributed by atoms with Crippen molar-refractivity contribution in [3.8, 4) is 0 Å². The number of unbranched alkanes of at least 4 members (excludes halogenated alkanes) is 1. The van der Waals surface area contributed by atoms with Gasteiger partial charge in [0.05, 0.1) is 0 Å². The second-order valence-electron chi connectivity index (χ2n) is 5.97. The Labute approximate surface area is 136 Å². The van der Waals surface area contributed by atoms with Crippen molar-refractivity contribution in [3.63, 3.8) is 0 Å². The molecule has 1 saturated heterocycles. The molecule has 0 aromatic heterocycles. The van der Waals surface area contributed by atoms with Crippen molar-refractivity contribution in [2.24, 2.45) is 4.99 Å². The normalized spacial score (nSPS) is 19.2. The molecule has 0 aliphatic carbocycles. The lowest BCUT2D eigenvalue weighted by Crippen LogP contribution is -2.52. The van der Waals surface area contributed by atoms with Crippen LogP contribution in [0.25, 0.3) is 0 Å². The fourth-order valence-electron chi connectivity index (χ4n) is 2.54. The van der Waals surface area contributed by atoms with Crippen molar-refractivity contribution < 1.29 is 4.74 Å². The average Bonchev–Trinajstić information content (AvgIpc) is 2.54. The van der Waals surface area contributed by atoms with Crippen molar-refractivity contribution in [1.82, 2.24) is 20.4 Å². The van der Waals surface area contributed by atoms with E-state index in [0.29, 0.717) is 6.04 Å². The highest BCUT2D eigenvalue weighted by molar-refractivity contribution is 5.79. The van der Waals surface area contributed by atoms with Gasteiger partial charge in [-0.05, 0) is 33.7 Å². The predicted octanol–water partition coefficient (Wildman–Crippen LogP) is 0.604. The summed E-state index contributed by atoms with van der Waals surface area (Å²) in [5.74, 6) is 0.900. The number of nitrogens with one attached hydrogen (secondary N) is 2. The molecule has 0 aromatic rings. The molecular formula is C16H35N5O. The first kappa shape index (κ1) is 19.2. The summed E-state index contributed by atoms with van der Waals surface area (Å²) in [6, 6.07) is 0.533. The fraction of sp³-hybridized carbons (Fsp3) is 0.938. The van der Waals surface area contributed by atoms with Crippen LogP contribution in [0.4, 0.5) is 0 Å². The second-order valence-corrected chi connectivity index (χ2v) is 5.97. The highest BCUT2D eigenvalue weighted by atomic mass is 16.5. The van der Waals surface area contributed by atoms with Gasteiger partial charge < -0.3 is 20.3 Å². The third-order valence-electron chi connectivity index (χ3n) is 4.16. The van der Waals surface area contributed by atoms with Crippen LogP contribution in [0.1, 0.15) is 26.7 Å². The minimum atomic E-state index is 0.533. The van der Waals surface area contributed by atoms with Crippen LogP contribution >= 0.6 is 0 Å². The van der Waals surface area contributed by atoms with Gasteiger partial charge in [0, 0.05) is 65.6 Å². The van der Waals surface area contributed by atoms with E-state index in [1.54, 1.807) is 0 Å². The number of likely N-dealkylation sites (N-methyl/N-ethyl adjacent to an activating group) is 1. The smallest absolute Gasteiger partial charge is 0.191 e. The molecule has 1 unspecified atom stereocenters. The number of hydrogen-bond donors (Lipinski definition) is 2. The first-order chi connectivity index (χ1) is 10.7. The molecule has 1 heterocycles. The van der Waals surface area contributed by atoms with E-state index in [0.717, 1.165) is 71.3 Å². The highest BCUT2D eigenvalue weighted by Crippen LogP contribution is 2.03. The molecule has 130 valence electrons. The van der Waals surface area contributed by atoms with Crippen molar-refractivity contribution >= 4 is 5.96 Å². The van der Waals surface area contributed by atoms with Gasteiger partial charge in [0.15, 0.2) is 5.96 Å². The van der Waals surface area contributed by atoms with Gasteiger partial charge in [0.25, 0.3) is 0 Å². The van der Waals surface area contributed by atoms with Crippen molar-refractivity contribution in [2.75, 3.05) is 66.6 Å². The van der Waals surface area contributed by atoms with Gasteiger partial charge in [0.2, 0.25) is 0 Å². The van der Waals surface area contributed by atoms with Gasteiger partial charge in [-0.2, -0.15) is 0 Å². The molecule has 6 heteroatoms. The van der Waals surface area contributed by atoms with Crippen LogP contribution in [0.5, 0.6) is 0 Å². The third-order valence-corrected chi connectivity index (χ3v) is 4.16. The monoisotopic (exact) mass is 313 g/mol. The maximum Gasteiger partial charge on any atom is 0.191 e. The molecule has 1 rings (SSSR count). The topological polar surface area (TPSA) is 52.1 Å². The van der Waals surface area contributed by atoms with Crippen molar-refractivity contribution in [3.05, 3.63) is 0 Å². The molecule has 0 radical (unpaired) electrons. The van der Waals surface area contributed by atoms with Crippen LogP contribution in [0.2, 0.25) is 0 Å². The highest BCUT2D eigenvalue weighted by Gasteiger charge is 2.18. The zero-order chi connectivity index (χ0) is 16.2. The number of hydrogen-bond acceptors (Lipinski definition) is 4. The number of aliphatic imine (C=N–C) groups is 1. The standard InChI is InChI=1S/C16H35N5O/c1-5-22-13-7-6-8-18-16(17-3)19-14-15(2)21-11-9-20(4)10-12-21/h15H,5-14H2,1-4H3,(H2,17,18,19). The third kappa shape index (κ3) is 7.96. The Morgan fingerprint density at radius 1 is 1.18 bits per heavy atom. The number of nitrogens with zero attached hydrogens (tertiary/aromatic N) is 3. The van der Waals surface area contributed by atoms with Crippen LogP contribution < -0.4 is 10.6 Å². The summed E-state index contributed by atoms with van der Waals surface area (Å²) in [5, 5.41) is 6.80. The summed E-state index contributed by atoms with van der Waals surface area (Å²) in [7, 11) is 4.02. The molecule has 1 fully saturated rings. The van der Waals surface area contributed by atoms with E-state index in [1.807, 2.05) is 14.0 Å². The van der Waals surface area contributed by atoms with Gasteiger partial charge in [0.1, 0.15) is 0 Å². The summed E-state index contributed by atoms with van der Waals surface area (Å²) >= 11 is 0. The maximum absolute atomic E-state index is 5.34. The van der Waals surface area contributed by atoms with E-state index < -0.39 is 0 Å². The molecule has 0 saturated carbocycles. The molecule has 6 nitrogen and oxygen atoms in total. The average molecular weight is 313 g/mol. The zero-order valence-corrected chi connectivity index (χ0v) is 14.9. The second kappa shape index (κ2) is 11.7. The van der Waals surface area contributed by atoms with E-state index in [2.05, 4.69) is 39.4 Å². The van der Waals surface area contributed by atoms with E-state index in [9.17, 15) is 0 Å². The lowest BCUT2D eigenvalue weighted by molar-refractivity contribution is 0.120. The molecular weight excluding hydrogens is 278 g/mol. The van der Waals surface area contributed by atoms with Gasteiger partial charge in [-0.3, -0.25) is 9.89 Å². The Kier molecular flexibility index (Phi) is 10.2. The Morgan fingerprint density at radius 3 is 2.55 bits per heavy atom. The van der Waals surface area contributed by atoms with Crippen LogP contribution in [0.3, 0.4) is 0 Å². The SMILES string of the molecule is CCOCCCCNC(=NC)NCC(C)N1CCN(C)CC1. The fourth-order valence-corrected chi connectivity index (χ4v) is 2.54. The number of rotatable bonds is 9. The minimum absolute atomic E-state index is 0.533. The first-order valence-electron chi connectivity index (χ1n) is 8.62. The van der Waals surface area contributed by atoms with E-state index >= 15 is 0 Å². The summed E-state index contributed by atoms with van der Waals surface area (Å²) in [5.41, 5.74) is 0.